The van der Waals surface area contributed by atoms with E-state index in [0.717, 1.165) is 17.7 Å². The Morgan fingerprint density at radius 2 is 1.85 bits per heavy atom. The molecule has 2 aromatic rings. The molecular weight excluding hydrogens is 246 g/mol. The van der Waals surface area contributed by atoms with Gasteiger partial charge in [-0.25, -0.2) is 0 Å². The molecule has 0 spiro atoms. The second kappa shape index (κ2) is 6.58. The number of aryl methyl sites for hydroxylation is 3. The third-order valence-corrected chi connectivity index (χ3v) is 3.60. The van der Waals surface area contributed by atoms with Crippen LogP contribution >= 0.6 is 0 Å². The minimum absolute atomic E-state index is 0.0967. The number of hydrogen-bond donors (Lipinski definition) is 1. The van der Waals surface area contributed by atoms with E-state index in [-0.39, 0.29) is 6.04 Å². The summed E-state index contributed by atoms with van der Waals surface area (Å²) in [6.45, 7) is 6.83. The summed E-state index contributed by atoms with van der Waals surface area (Å²) in [7, 11) is 0. The maximum Gasteiger partial charge on any atom is 0.122 e. The van der Waals surface area contributed by atoms with Crippen LogP contribution in [-0.2, 0) is 6.42 Å². The first-order valence-corrected chi connectivity index (χ1v) is 7.15. The van der Waals surface area contributed by atoms with Gasteiger partial charge in [0, 0.05) is 0 Å². The molecule has 0 aliphatic heterocycles. The Hall–Kier alpha value is -1.80. The highest BCUT2D eigenvalue weighted by atomic mass is 16.5. The zero-order valence-corrected chi connectivity index (χ0v) is 12.5. The van der Waals surface area contributed by atoms with Gasteiger partial charge in [-0.3, -0.25) is 0 Å². The molecule has 2 nitrogen and oxygen atoms in total. The third kappa shape index (κ3) is 3.40. The van der Waals surface area contributed by atoms with E-state index >= 15 is 0 Å². The monoisotopic (exact) mass is 269 g/mol. The normalized spacial score (nSPS) is 12.2. The van der Waals surface area contributed by atoms with Gasteiger partial charge in [0.05, 0.1) is 6.04 Å². The van der Waals surface area contributed by atoms with Crippen LogP contribution in [0.25, 0.3) is 0 Å². The van der Waals surface area contributed by atoms with Crippen LogP contribution in [0.5, 0.6) is 5.75 Å². The molecule has 1 atom stereocenters. The van der Waals surface area contributed by atoms with Gasteiger partial charge >= 0.3 is 0 Å². The maximum absolute atomic E-state index is 6.26. The number of nitrogens with two attached hydrogens (primary N) is 1. The summed E-state index contributed by atoms with van der Waals surface area (Å²) in [5.74, 6) is 0.940. The molecule has 2 N–H and O–H groups in total. The van der Waals surface area contributed by atoms with Crippen LogP contribution in [0.2, 0.25) is 0 Å². The van der Waals surface area contributed by atoms with E-state index in [1.807, 2.05) is 18.2 Å². The van der Waals surface area contributed by atoms with Gasteiger partial charge in [0.2, 0.25) is 0 Å². The Morgan fingerprint density at radius 1 is 1.10 bits per heavy atom. The first-order valence-electron chi connectivity index (χ1n) is 7.15. The summed E-state index contributed by atoms with van der Waals surface area (Å²) in [4.78, 5) is 0. The highest BCUT2D eigenvalue weighted by molar-refractivity contribution is 5.35. The summed E-state index contributed by atoms with van der Waals surface area (Å²) < 4.78 is 5.90. The molecule has 0 aliphatic carbocycles. The fourth-order valence-electron chi connectivity index (χ4n) is 2.45. The van der Waals surface area contributed by atoms with E-state index in [0.29, 0.717) is 6.61 Å². The Kier molecular flexibility index (Phi) is 4.80. The minimum Gasteiger partial charge on any atom is -0.491 e. The zero-order valence-electron chi connectivity index (χ0n) is 12.5. The van der Waals surface area contributed by atoms with Crippen molar-refractivity contribution in [2.24, 2.45) is 5.73 Å². The molecule has 0 radical (unpaired) electrons. The molecule has 106 valence electrons. The quantitative estimate of drug-likeness (QED) is 0.892. The van der Waals surface area contributed by atoms with E-state index in [4.69, 9.17) is 10.5 Å². The largest absolute Gasteiger partial charge is 0.491 e. The Morgan fingerprint density at radius 3 is 2.55 bits per heavy atom. The van der Waals surface area contributed by atoms with Crippen molar-refractivity contribution in [3.63, 3.8) is 0 Å². The molecule has 2 rings (SSSR count). The van der Waals surface area contributed by atoms with Gasteiger partial charge in [0.1, 0.15) is 12.4 Å². The second-order valence-corrected chi connectivity index (χ2v) is 5.24. The van der Waals surface area contributed by atoms with Gasteiger partial charge in [0.25, 0.3) is 0 Å². The molecule has 0 fully saturated rings. The summed E-state index contributed by atoms with van der Waals surface area (Å²) in [6, 6.07) is 14.4. The Labute approximate surface area is 121 Å². The maximum atomic E-state index is 6.26. The van der Waals surface area contributed by atoms with E-state index in [9.17, 15) is 0 Å². The number of rotatable bonds is 5. The van der Waals surface area contributed by atoms with Crippen molar-refractivity contribution in [1.82, 2.24) is 0 Å². The van der Waals surface area contributed by atoms with Crippen molar-refractivity contribution in [2.75, 3.05) is 6.61 Å². The molecule has 0 aromatic heterocycles. The van der Waals surface area contributed by atoms with E-state index in [1.54, 1.807) is 0 Å². The van der Waals surface area contributed by atoms with Crippen molar-refractivity contribution in [3.05, 3.63) is 64.7 Å². The highest BCUT2D eigenvalue weighted by Gasteiger charge is 2.11. The van der Waals surface area contributed by atoms with Crippen LogP contribution in [0.3, 0.4) is 0 Å². The van der Waals surface area contributed by atoms with Gasteiger partial charge < -0.3 is 10.5 Å². The topological polar surface area (TPSA) is 35.2 Å². The molecule has 0 bridgehead atoms. The average molecular weight is 269 g/mol. The van der Waals surface area contributed by atoms with Crippen LogP contribution in [0, 0.1) is 13.8 Å². The first kappa shape index (κ1) is 14.6. The molecule has 20 heavy (non-hydrogen) atoms. The van der Waals surface area contributed by atoms with Crippen LogP contribution < -0.4 is 10.5 Å². The standard InChI is InChI=1S/C18H23NO/c1-4-15-7-5-6-8-18(15)20-12-17(19)16-10-9-13(2)11-14(16)3/h5-11,17H,4,12,19H2,1-3H3. The van der Waals surface area contributed by atoms with Gasteiger partial charge in [-0.1, -0.05) is 48.9 Å². The number of para-hydroxylation sites is 1. The van der Waals surface area contributed by atoms with Gasteiger partial charge in [-0.15, -0.1) is 0 Å². The predicted molar refractivity (Wildman–Crippen MR) is 84.2 cm³/mol. The first-order chi connectivity index (χ1) is 9.61. The summed E-state index contributed by atoms with van der Waals surface area (Å²) >= 11 is 0. The summed E-state index contributed by atoms with van der Waals surface area (Å²) in [6.07, 6.45) is 0.967. The van der Waals surface area contributed by atoms with Gasteiger partial charge in [-0.05, 0) is 43.0 Å². The van der Waals surface area contributed by atoms with Gasteiger partial charge in [0.15, 0.2) is 0 Å². The predicted octanol–water partition coefficient (Wildman–Crippen LogP) is 3.94. The molecule has 0 amide bonds. The van der Waals surface area contributed by atoms with Crippen molar-refractivity contribution >= 4 is 0 Å². The van der Waals surface area contributed by atoms with Crippen molar-refractivity contribution < 1.29 is 4.74 Å². The zero-order chi connectivity index (χ0) is 14.5. The average Bonchev–Trinajstić information content (AvgIpc) is 2.45. The lowest BCUT2D eigenvalue weighted by molar-refractivity contribution is 0.288. The highest BCUT2D eigenvalue weighted by Crippen LogP contribution is 2.22. The van der Waals surface area contributed by atoms with E-state index < -0.39 is 0 Å². The third-order valence-electron chi connectivity index (χ3n) is 3.60. The molecule has 0 saturated carbocycles. The van der Waals surface area contributed by atoms with Crippen molar-refractivity contribution in [2.45, 2.75) is 33.2 Å². The lowest BCUT2D eigenvalue weighted by Gasteiger charge is -2.17. The van der Waals surface area contributed by atoms with Gasteiger partial charge in [-0.2, -0.15) is 0 Å². The number of ether oxygens (including phenoxy) is 1. The summed E-state index contributed by atoms with van der Waals surface area (Å²) in [5, 5.41) is 0. The Balaban J connectivity index is 2.06. The van der Waals surface area contributed by atoms with Crippen molar-refractivity contribution in [3.8, 4) is 5.75 Å². The van der Waals surface area contributed by atoms with Crippen LogP contribution in [-0.4, -0.2) is 6.61 Å². The lowest BCUT2D eigenvalue weighted by Crippen LogP contribution is -2.20. The van der Waals surface area contributed by atoms with Crippen LogP contribution in [0.15, 0.2) is 42.5 Å². The van der Waals surface area contributed by atoms with E-state index in [1.165, 1.54) is 16.7 Å². The molecule has 0 aliphatic rings. The fourth-order valence-corrected chi connectivity index (χ4v) is 2.45. The van der Waals surface area contributed by atoms with Crippen molar-refractivity contribution in [1.29, 1.82) is 0 Å². The van der Waals surface area contributed by atoms with E-state index in [2.05, 4.69) is 45.0 Å². The molecule has 1 unspecified atom stereocenters. The molecule has 0 saturated heterocycles. The smallest absolute Gasteiger partial charge is 0.122 e. The fraction of sp³-hybridized carbons (Fsp3) is 0.333. The second-order valence-electron chi connectivity index (χ2n) is 5.24. The molecule has 2 aromatic carbocycles. The molecule has 0 heterocycles. The summed E-state index contributed by atoms with van der Waals surface area (Å²) in [5.41, 5.74) is 11.1. The molecular formula is C18H23NO. The lowest BCUT2D eigenvalue weighted by atomic mass is 10.0. The van der Waals surface area contributed by atoms with Crippen LogP contribution in [0.4, 0.5) is 0 Å². The number of hydrogen-bond acceptors (Lipinski definition) is 2. The van der Waals surface area contributed by atoms with Crippen LogP contribution in [0.1, 0.15) is 35.2 Å². The molecule has 2 heteroatoms. The SMILES string of the molecule is CCc1ccccc1OCC(N)c1ccc(C)cc1C. The Bertz CT molecular complexity index is 577. The minimum atomic E-state index is -0.0967. The number of benzene rings is 2.